The van der Waals surface area contributed by atoms with Crippen LogP contribution in [0.3, 0.4) is 0 Å². The van der Waals surface area contributed by atoms with Gasteiger partial charge in [0.05, 0.1) is 0 Å². The summed E-state index contributed by atoms with van der Waals surface area (Å²) >= 11 is 0. The topological polar surface area (TPSA) is 12.0 Å². The van der Waals surface area contributed by atoms with Crippen molar-refractivity contribution in [3.63, 3.8) is 0 Å². The maximum Gasteiger partial charge on any atom is 0.0314 e. The number of fused-ring (bicyclic) bond motifs is 5. The van der Waals surface area contributed by atoms with Crippen LogP contribution in [0.5, 0.6) is 0 Å². The summed E-state index contributed by atoms with van der Waals surface area (Å²) in [6.07, 6.45) is 12.3. The SMILES string of the molecule is C=Cc1cccc2c1C(=C)C1=C3NC4=C(C=CCC4)C3CC=C12. The summed E-state index contributed by atoms with van der Waals surface area (Å²) in [5.74, 6) is 0.485. The number of benzene rings is 1. The average Bonchev–Trinajstić information content (AvgIpc) is 3.11. The maximum atomic E-state index is 4.44. The normalized spacial score (nSPS) is 23.9. The third-order valence-corrected chi connectivity index (χ3v) is 5.52. The molecule has 0 aromatic heterocycles. The van der Waals surface area contributed by atoms with Crippen LogP contribution in [0.15, 0.2) is 72.1 Å². The Hall–Kier alpha value is -2.54. The van der Waals surface area contributed by atoms with E-state index >= 15 is 0 Å². The molecule has 1 unspecified atom stereocenters. The monoisotopic (exact) mass is 297 g/mol. The van der Waals surface area contributed by atoms with Crippen LogP contribution in [0.2, 0.25) is 0 Å². The van der Waals surface area contributed by atoms with Crippen LogP contribution in [-0.4, -0.2) is 0 Å². The summed E-state index contributed by atoms with van der Waals surface area (Å²) in [4.78, 5) is 0. The van der Waals surface area contributed by atoms with Gasteiger partial charge in [-0.05, 0) is 52.7 Å². The first-order valence-electron chi connectivity index (χ1n) is 8.36. The quantitative estimate of drug-likeness (QED) is 0.749. The van der Waals surface area contributed by atoms with Gasteiger partial charge < -0.3 is 5.32 Å². The second-order valence-corrected chi connectivity index (χ2v) is 6.65. The molecule has 1 heterocycles. The molecule has 1 aromatic carbocycles. The van der Waals surface area contributed by atoms with E-state index in [0.717, 1.165) is 24.8 Å². The van der Waals surface area contributed by atoms with E-state index in [4.69, 9.17) is 0 Å². The van der Waals surface area contributed by atoms with Gasteiger partial charge in [0, 0.05) is 22.9 Å². The first-order chi connectivity index (χ1) is 11.3. The molecule has 0 fully saturated rings. The lowest BCUT2D eigenvalue weighted by atomic mass is 9.83. The average molecular weight is 297 g/mol. The van der Waals surface area contributed by atoms with Crippen molar-refractivity contribution in [3.8, 4) is 0 Å². The second kappa shape index (κ2) is 4.48. The zero-order chi connectivity index (χ0) is 15.6. The maximum absolute atomic E-state index is 4.44. The molecule has 5 rings (SSSR count). The summed E-state index contributed by atoms with van der Waals surface area (Å²) < 4.78 is 0. The predicted molar refractivity (Wildman–Crippen MR) is 97.2 cm³/mol. The molecule has 0 bridgehead atoms. The highest BCUT2D eigenvalue weighted by Crippen LogP contribution is 2.53. The van der Waals surface area contributed by atoms with E-state index < -0.39 is 0 Å². The summed E-state index contributed by atoms with van der Waals surface area (Å²) in [5, 5.41) is 3.75. The molecule has 0 radical (unpaired) electrons. The van der Waals surface area contributed by atoms with Crippen molar-refractivity contribution in [2.45, 2.75) is 19.3 Å². The molecule has 1 aromatic rings. The Balaban J connectivity index is 1.71. The molecule has 1 nitrogen and oxygen atoms in total. The highest BCUT2D eigenvalue weighted by molar-refractivity contribution is 6.10. The zero-order valence-electron chi connectivity index (χ0n) is 13.2. The van der Waals surface area contributed by atoms with Crippen molar-refractivity contribution in [2.75, 3.05) is 0 Å². The lowest BCUT2D eigenvalue weighted by molar-refractivity contribution is 0.730. The van der Waals surface area contributed by atoms with Crippen molar-refractivity contribution in [1.29, 1.82) is 0 Å². The van der Waals surface area contributed by atoms with E-state index in [0.29, 0.717) is 5.92 Å². The van der Waals surface area contributed by atoms with Gasteiger partial charge in [-0.1, -0.05) is 55.7 Å². The molecule has 3 aliphatic carbocycles. The Bertz CT molecular complexity index is 902. The smallest absolute Gasteiger partial charge is 0.0314 e. The van der Waals surface area contributed by atoms with Crippen molar-refractivity contribution < 1.29 is 0 Å². The molecular weight excluding hydrogens is 278 g/mol. The van der Waals surface area contributed by atoms with Gasteiger partial charge in [-0.2, -0.15) is 0 Å². The summed E-state index contributed by atoms with van der Waals surface area (Å²) in [7, 11) is 0. The standard InChI is InChI=1S/C22H19N/c1-3-14-7-6-9-16-17-11-12-18-15-8-4-5-10-19(15)23-22(18)21(17)13(2)20(14)16/h3-4,6-9,11,18,23H,1-2,5,10,12H2. The van der Waals surface area contributed by atoms with Gasteiger partial charge >= 0.3 is 0 Å². The molecule has 1 aliphatic heterocycles. The molecule has 0 saturated heterocycles. The van der Waals surface area contributed by atoms with Crippen molar-refractivity contribution in [2.24, 2.45) is 5.92 Å². The number of allylic oxidation sites excluding steroid dienone is 8. The lowest BCUT2D eigenvalue weighted by Gasteiger charge is -2.22. The molecular formula is C22H19N. The summed E-state index contributed by atoms with van der Waals surface area (Å²) in [5.41, 5.74) is 11.9. The zero-order valence-corrected chi connectivity index (χ0v) is 13.2. The Morgan fingerprint density at radius 2 is 2.17 bits per heavy atom. The van der Waals surface area contributed by atoms with Crippen LogP contribution in [0, 0.1) is 5.92 Å². The summed E-state index contributed by atoms with van der Waals surface area (Å²) in [6, 6.07) is 6.47. The highest BCUT2D eigenvalue weighted by atomic mass is 15.0. The molecule has 0 amide bonds. The van der Waals surface area contributed by atoms with Gasteiger partial charge in [-0.15, -0.1) is 0 Å². The van der Waals surface area contributed by atoms with Gasteiger partial charge in [0.25, 0.3) is 0 Å². The Morgan fingerprint density at radius 1 is 1.26 bits per heavy atom. The van der Waals surface area contributed by atoms with E-state index in [1.165, 1.54) is 44.8 Å². The number of hydrogen-bond donors (Lipinski definition) is 1. The first kappa shape index (κ1) is 13.0. The minimum Gasteiger partial charge on any atom is -0.361 e. The fourth-order valence-electron chi connectivity index (χ4n) is 4.51. The first-order valence-corrected chi connectivity index (χ1v) is 8.36. The molecule has 0 saturated carbocycles. The van der Waals surface area contributed by atoms with E-state index in [9.17, 15) is 0 Å². The Labute approximate surface area is 137 Å². The highest BCUT2D eigenvalue weighted by Gasteiger charge is 2.39. The second-order valence-electron chi connectivity index (χ2n) is 6.65. The van der Waals surface area contributed by atoms with Gasteiger partial charge in [0.15, 0.2) is 0 Å². The van der Waals surface area contributed by atoms with Crippen LogP contribution in [-0.2, 0) is 0 Å². The van der Waals surface area contributed by atoms with Crippen LogP contribution in [0.4, 0.5) is 0 Å². The molecule has 23 heavy (non-hydrogen) atoms. The molecule has 112 valence electrons. The van der Waals surface area contributed by atoms with Crippen LogP contribution >= 0.6 is 0 Å². The number of hydrogen-bond acceptors (Lipinski definition) is 1. The lowest BCUT2D eigenvalue weighted by Crippen LogP contribution is -2.15. The summed E-state index contributed by atoms with van der Waals surface area (Å²) in [6.45, 7) is 8.42. The Morgan fingerprint density at radius 3 is 3.04 bits per heavy atom. The van der Waals surface area contributed by atoms with Crippen molar-refractivity contribution in [3.05, 3.63) is 88.8 Å². The van der Waals surface area contributed by atoms with E-state index in [2.05, 4.69) is 54.9 Å². The predicted octanol–water partition coefficient (Wildman–Crippen LogP) is 5.22. The number of rotatable bonds is 1. The van der Waals surface area contributed by atoms with Gasteiger partial charge in [0.2, 0.25) is 0 Å². The van der Waals surface area contributed by atoms with E-state index in [1.807, 2.05) is 6.08 Å². The van der Waals surface area contributed by atoms with Crippen LogP contribution in [0.1, 0.15) is 36.0 Å². The van der Waals surface area contributed by atoms with Gasteiger partial charge in [-0.3, -0.25) is 0 Å². The molecule has 4 aliphatic rings. The molecule has 1 heteroatoms. The molecule has 0 spiro atoms. The van der Waals surface area contributed by atoms with Crippen molar-refractivity contribution >= 4 is 17.2 Å². The molecule has 1 N–H and O–H groups in total. The fraction of sp³-hybridized carbons (Fsp3) is 0.182. The van der Waals surface area contributed by atoms with E-state index in [-0.39, 0.29) is 0 Å². The Kier molecular flexibility index (Phi) is 2.52. The fourth-order valence-corrected chi connectivity index (χ4v) is 4.51. The minimum absolute atomic E-state index is 0.485. The number of nitrogens with one attached hydrogen (secondary N) is 1. The molecule has 1 atom stereocenters. The third kappa shape index (κ3) is 1.57. The van der Waals surface area contributed by atoms with Gasteiger partial charge in [0.1, 0.15) is 0 Å². The minimum atomic E-state index is 0.485. The van der Waals surface area contributed by atoms with Crippen LogP contribution < -0.4 is 5.32 Å². The third-order valence-electron chi connectivity index (χ3n) is 5.52. The van der Waals surface area contributed by atoms with Crippen molar-refractivity contribution in [1.82, 2.24) is 5.32 Å². The van der Waals surface area contributed by atoms with Crippen LogP contribution in [0.25, 0.3) is 17.2 Å². The van der Waals surface area contributed by atoms with Gasteiger partial charge in [-0.25, -0.2) is 0 Å². The largest absolute Gasteiger partial charge is 0.361 e. The van der Waals surface area contributed by atoms with E-state index in [1.54, 1.807) is 0 Å².